The van der Waals surface area contributed by atoms with Gasteiger partial charge in [0.1, 0.15) is 11.0 Å². The minimum atomic E-state index is -0.299. The number of hydrogen-bond donors (Lipinski definition) is 0. The Hall–Kier alpha value is -2.73. The molecule has 6 heteroatoms. The summed E-state index contributed by atoms with van der Waals surface area (Å²) in [6.45, 7) is 2.18. The normalized spacial score (nSPS) is 12.4. The van der Waals surface area contributed by atoms with Crippen molar-refractivity contribution in [1.82, 2.24) is 4.98 Å². The van der Waals surface area contributed by atoms with Crippen molar-refractivity contribution in [2.45, 2.75) is 19.4 Å². The summed E-state index contributed by atoms with van der Waals surface area (Å²) in [5.41, 5.74) is 1.78. The molecule has 1 aromatic carbocycles. The van der Waals surface area contributed by atoms with E-state index in [4.69, 9.17) is 9.57 Å². The molecule has 0 N–H and O–H groups in total. The van der Waals surface area contributed by atoms with Gasteiger partial charge in [-0.3, -0.25) is 4.98 Å². The van der Waals surface area contributed by atoms with E-state index in [9.17, 15) is 4.79 Å². The number of rotatable bonds is 7. The zero-order chi connectivity index (χ0) is 17.5. The molecule has 0 aliphatic heterocycles. The predicted molar refractivity (Wildman–Crippen MR) is 99.1 cm³/mol. The molecule has 0 aliphatic carbocycles. The fraction of sp³-hybridized carbons (Fsp3) is 0.211. The van der Waals surface area contributed by atoms with Gasteiger partial charge in [-0.1, -0.05) is 35.5 Å². The minimum Gasteiger partial charge on any atom is -0.461 e. The summed E-state index contributed by atoms with van der Waals surface area (Å²) >= 11 is 1.37. The molecule has 0 amide bonds. The summed E-state index contributed by atoms with van der Waals surface area (Å²) in [5.74, 6) is -0.299. The largest absolute Gasteiger partial charge is 0.461 e. The number of oxime groups is 1. The molecule has 0 radical (unpaired) electrons. The van der Waals surface area contributed by atoms with Gasteiger partial charge in [0, 0.05) is 23.6 Å². The average Bonchev–Trinajstić information content (AvgIpc) is 3.17. The highest BCUT2D eigenvalue weighted by Crippen LogP contribution is 2.14. The summed E-state index contributed by atoms with van der Waals surface area (Å²) in [5, 5.41) is 6.94. The van der Waals surface area contributed by atoms with Crippen LogP contribution in [0.3, 0.4) is 0 Å². The third-order valence-corrected chi connectivity index (χ3v) is 4.43. The van der Waals surface area contributed by atoms with Gasteiger partial charge >= 0.3 is 5.97 Å². The van der Waals surface area contributed by atoms with Crippen molar-refractivity contribution in [2.75, 3.05) is 6.61 Å². The van der Waals surface area contributed by atoms with Crippen molar-refractivity contribution in [3.63, 3.8) is 0 Å². The topological polar surface area (TPSA) is 60.8 Å². The summed E-state index contributed by atoms with van der Waals surface area (Å²) < 4.78 is 5.21. The molecule has 2 heterocycles. The standard InChI is InChI=1S/C19H18N2O3S/c1-14(9-11-23-19(22)17-8-4-12-25-17)24-21-13-16-6-2-5-15-7-3-10-20-18(15)16/h2-8,10,12-14H,9,11H2,1H3/b21-13+. The van der Waals surface area contributed by atoms with Gasteiger partial charge in [-0.15, -0.1) is 11.3 Å². The Labute approximate surface area is 149 Å². The predicted octanol–water partition coefficient (Wildman–Crippen LogP) is 4.28. The van der Waals surface area contributed by atoms with E-state index in [2.05, 4.69) is 10.1 Å². The first-order valence-corrected chi connectivity index (χ1v) is 8.85. The highest BCUT2D eigenvalue weighted by atomic mass is 32.1. The highest BCUT2D eigenvalue weighted by Gasteiger charge is 2.09. The molecular weight excluding hydrogens is 336 g/mol. The van der Waals surface area contributed by atoms with Gasteiger partial charge in [-0.25, -0.2) is 4.79 Å². The molecule has 1 atom stereocenters. The van der Waals surface area contributed by atoms with E-state index in [-0.39, 0.29) is 12.1 Å². The van der Waals surface area contributed by atoms with E-state index in [1.807, 2.05) is 48.7 Å². The number of pyridine rings is 1. The molecule has 5 nitrogen and oxygen atoms in total. The van der Waals surface area contributed by atoms with Gasteiger partial charge in [0.25, 0.3) is 0 Å². The van der Waals surface area contributed by atoms with Gasteiger partial charge in [0.05, 0.1) is 18.3 Å². The summed E-state index contributed by atoms with van der Waals surface area (Å²) in [6.07, 6.45) is 3.83. The quantitative estimate of drug-likeness (QED) is 0.361. The highest BCUT2D eigenvalue weighted by molar-refractivity contribution is 7.11. The molecule has 0 saturated heterocycles. The lowest BCUT2D eigenvalue weighted by Crippen LogP contribution is -2.12. The van der Waals surface area contributed by atoms with Gasteiger partial charge in [-0.05, 0) is 24.4 Å². The zero-order valence-electron chi connectivity index (χ0n) is 13.8. The van der Waals surface area contributed by atoms with Crippen LogP contribution in [0.2, 0.25) is 0 Å². The van der Waals surface area contributed by atoms with Crippen LogP contribution in [0.4, 0.5) is 0 Å². The Kier molecular flexibility index (Phi) is 5.74. The van der Waals surface area contributed by atoms with Gasteiger partial charge in [0.2, 0.25) is 0 Å². The van der Waals surface area contributed by atoms with Crippen LogP contribution in [-0.4, -0.2) is 29.9 Å². The minimum absolute atomic E-state index is 0.157. The molecule has 0 fully saturated rings. The second-order valence-corrected chi connectivity index (χ2v) is 6.42. The number of carbonyl (C=O) groups is 1. The monoisotopic (exact) mass is 354 g/mol. The maximum atomic E-state index is 11.7. The number of hydrogen-bond acceptors (Lipinski definition) is 6. The van der Waals surface area contributed by atoms with E-state index < -0.39 is 0 Å². The number of benzene rings is 1. The van der Waals surface area contributed by atoms with Gasteiger partial charge < -0.3 is 9.57 Å². The van der Waals surface area contributed by atoms with Crippen LogP contribution in [-0.2, 0) is 9.57 Å². The van der Waals surface area contributed by atoms with E-state index >= 15 is 0 Å². The maximum Gasteiger partial charge on any atom is 0.348 e. The van der Waals surface area contributed by atoms with E-state index in [0.717, 1.165) is 16.5 Å². The Morgan fingerprint density at radius 3 is 3.00 bits per heavy atom. The smallest absolute Gasteiger partial charge is 0.348 e. The lowest BCUT2D eigenvalue weighted by Gasteiger charge is -2.09. The molecule has 0 saturated carbocycles. The molecule has 0 spiro atoms. The molecule has 0 aliphatic rings. The Morgan fingerprint density at radius 1 is 1.28 bits per heavy atom. The molecule has 25 heavy (non-hydrogen) atoms. The van der Waals surface area contributed by atoms with Crippen LogP contribution in [0.5, 0.6) is 0 Å². The second kappa shape index (κ2) is 8.39. The molecular formula is C19H18N2O3S. The maximum absolute atomic E-state index is 11.7. The fourth-order valence-corrected chi connectivity index (χ4v) is 2.88. The number of fused-ring (bicyclic) bond motifs is 1. The summed E-state index contributed by atoms with van der Waals surface area (Å²) in [7, 11) is 0. The van der Waals surface area contributed by atoms with Crippen molar-refractivity contribution >= 4 is 34.4 Å². The van der Waals surface area contributed by atoms with Crippen LogP contribution in [0.25, 0.3) is 10.9 Å². The van der Waals surface area contributed by atoms with Crippen LogP contribution in [0.15, 0.2) is 59.2 Å². The lowest BCUT2D eigenvalue weighted by atomic mass is 10.1. The summed E-state index contributed by atoms with van der Waals surface area (Å²) in [4.78, 5) is 22.1. The number of esters is 1. The number of aromatic nitrogens is 1. The van der Waals surface area contributed by atoms with Crippen molar-refractivity contribution in [1.29, 1.82) is 0 Å². The lowest BCUT2D eigenvalue weighted by molar-refractivity contribution is 0.0296. The molecule has 1 unspecified atom stereocenters. The molecule has 128 valence electrons. The van der Waals surface area contributed by atoms with E-state index in [1.165, 1.54) is 11.3 Å². The molecule has 3 rings (SSSR count). The fourth-order valence-electron chi connectivity index (χ4n) is 2.26. The number of carbonyl (C=O) groups excluding carboxylic acids is 1. The van der Waals surface area contributed by atoms with Gasteiger partial charge in [0.15, 0.2) is 0 Å². The van der Waals surface area contributed by atoms with Crippen LogP contribution in [0, 0.1) is 0 Å². The Bertz CT molecular complexity index is 857. The average molecular weight is 354 g/mol. The van der Waals surface area contributed by atoms with E-state index in [0.29, 0.717) is 17.9 Å². The van der Waals surface area contributed by atoms with Crippen molar-refractivity contribution in [3.8, 4) is 0 Å². The van der Waals surface area contributed by atoms with Gasteiger partial charge in [-0.2, -0.15) is 0 Å². The molecule has 3 aromatic rings. The zero-order valence-corrected chi connectivity index (χ0v) is 14.6. The van der Waals surface area contributed by atoms with Crippen molar-refractivity contribution < 1.29 is 14.4 Å². The Morgan fingerprint density at radius 2 is 2.16 bits per heavy atom. The third kappa shape index (κ3) is 4.64. The Balaban J connectivity index is 1.47. The van der Waals surface area contributed by atoms with E-state index in [1.54, 1.807) is 18.5 Å². The SMILES string of the molecule is CC(CCOC(=O)c1cccs1)O/N=C/c1cccc2cccnc12. The van der Waals surface area contributed by atoms with Crippen LogP contribution in [0.1, 0.15) is 28.6 Å². The van der Waals surface area contributed by atoms with Crippen molar-refractivity contribution in [2.24, 2.45) is 5.16 Å². The molecule has 2 aromatic heterocycles. The number of nitrogens with zero attached hydrogens (tertiary/aromatic N) is 2. The third-order valence-electron chi connectivity index (χ3n) is 3.58. The number of para-hydroxylation sites is 1. The van der Waals surface area contributed by atoms with Crippen LogP contribution < -0.4 is 0 Å². The number of ether oxygens (including phenoxy) is 1. The number of thiophene rings is 1. The van der Waals surface area contributed by atoms with Crippen molar-refractivity contribution in [3.05, 3.63) is 64.5 Å². The molecule has 0 bridgehead atoms. The first-order valence-electron chi connectivity index (χ1n) is 7.97. The summed E-state index contributed by atoms with van der Waals surface area (Å²) in [6, 6.07) is 13.4. The second-order valence-electron chi connectivity index (χ2n) is 5.47. The van der Waals surface area contributed by atoms with Crippen LogP contribution >= 0.6 is 11.3 Å². The first-order chi connectivity index (χ1) is 12.2. The first kappa shape index (κ1) is 17.1.